The number of carbonyl (C=O) groups excluding carboxylic acids is 2. The molecule has 0 unspecified atom stereocenters. The molecule has 2 N–H and O–H groups in total. The lowest BCUT2D eigenvalue weighted by atomic mass is 10.1. The van der Waals surface area contributed by atoms with Gasteiger partial charge in [-0.25, -0.2) is 0 Å². The van der Waals surface area contributed by atoms with E-state index >= 15 is 0 Å². The second kappa shape index (κ2) is 7.38. The number of rotatable bonds is 4. The Hall–Kier alpha value is -2.83. The van der Waals surface area contributed by atoms with Crippen LogP contribution >= 0.6 is 0 Å². The van der Waals surface area contributed by atoms with Gasteiger partial charge < -0.3 is 15.5 Å². The zero-order valence-electron chi connectivity index (χ0n) is 14.5. The predicted molar refractivity (Wildman–Crippen MR) is 96.4 cm³/mol. The Morgan fingerprint density at radius 2 is 2.08 bits per heavy atom. The Labute approximate surface area is 147 Å². The normalized spacial score (nSPS) is 16.7. The van der Waals surface area contributed by atoms with Gasteiger partial charge in [0.15, 0.2) is 0 Å². The molecular weight excluding hydrogens is 318 g/mol. The number of benzene rings is 1. The minimum absolute atomic E-state index is 0.0418. The summed E-state index contributed by atoms with van der Waals surface area (Å²) in [5.41, 5.74) is 2.72. The van der Waals surface area contributed by atoms with Gasteiger partial charge in [0.25, 0.3) is 0 Å². The molecule has 1 saturated heterocycles. The maximum Gasteiger partial charge on any atom is 0.313 e. The molecule has 0 saturated carbocycles. The summed E-state index contributed by atoms with van der Waals surface area (Å²) < 4.78 is 1.75. The summed E-state index contributed by atoms with van der Waals surface area (Å²) in [6.45, 7) is 3.52. The summed E-state index contributed by atoms with van der Waals surface area (Å²) in [4.78, 5) is 26.5. The summed E-state index contributed by atoms with van der Waals surface area (Å²) in [7, 11) is 1.87. The summed E-state index contributed by atoms with van der Waals surface area (Å²) in [6.07, 6.45) is 5.34. The lowest BCUT2D eigenvalue weighted by molar-refractivity contribution is -0.136. The highest BCUT2D eigenvalue weighted by molar-refractivity contribution is 6.39. The van der Waals surface area contributed by atoms with Crippen LogP contribution in [0.25, 0.3) is 0 Å². The minimum atomic E-state index is -0.624. The molecule has 132 valence electrons. The number of nitrogens with zero attached hydrogens (tertiary/aromatic N) is 3. The predicted octanol–water partition coefficient (Wildman–Crippen LogP) is 1.32. The molecular formula is C18H23N5O2. The smallest absolute Gasteiger partial charge is 0.313 e. The van der Waals surface area contributed by atoms with Gasteiger partial charge in [-0.2, -0.15) is 5.10 Å². The SMILES string of the molecule is CCc1ccccc1NC(=O)C(=O)N[C@H]1CCN(c2cnn(C)c2)C1. The zero-order valence-corrected chi connectivity index (χ0v) is 14.5. The van der Waals surface area contributed by atoms with Crippen LogP contribution in [0.1, 0.15) is 18.9 Å². The largest absolute Gasteiger partial charge is 0.367 e. The van der Waals surface area contributed by atoms with Crippen molar-refractivity contribution in [3.63, 3.8) is 0 Å². The summed E-state index contributed by atoms with van der Waals surface area (Å²) in [5.74, 6) is -1.22. The first-order chi connectivity index (χ1) is 12.1. The van der Waals surface area contributed by atoms with Crippen molar-refractivity contribution < 1.29 is 9.59 Å². The molecule has 0 spiro atoms. The first kappa shape index (κ1) is 17.0. The van der Waals surface area contributed by atoms with E-state index in [-0.39, 0.29) is 6.04 Å². The van der Waals surface area contributed by atoms with E-state index in [1.54, 1.807) is 10.9 Å². The average Bonchev–Trinajstić information content (AvgIpc) is 3.24. The molecule has 1 fully saturated rings. The van der Waals surface area contributed by atoms with Crippen LogP contribution in [-0.4, -0.2) is 40.7 Å². The standard InChI is InChI=1S/C18H23N5O2/c1-3-13-6-4-5-7-16(13)21-18(25)17(24)20-14-8-9-23(11-14)15-10-19-22(2)12-15/h4-7,10,12,14H,3,8-9,11H2,1-2H3,(H,20,24)(H,21,25)/t14-/m0/s1. The van der Waals surface area contributed by atoms with Crippen LogP contribution < -0.4 is 15.5 Å². The van der Waals surface area contributed by atoms with Crippen LogP contribution in [0, 0.1) is 0 Å². The summed E-state index contributed by atoms with van der Waals surface area (Å²) in [6, 6.07) is 7.47. The van der Waals surface area contributed by atoms with E-state index in [2.05, 4.69) is 20.6 Å². The van der Waals surface area contributed by atoms with Gasteiger partial charge in [-0.05, 0) is 24.5 Å². The second-order valence-corrected chi connectivity index (χ2v) is 6.24. The monoisotopic (exact) mass is 341 g/mol. The fourth-order valence-electron chi connectivity index (χ4n) is 3.06. The quantitative estimate of drug-likeness (QED) is 0.822. The van der Waals surface area contributed by atoms with Crippen molar-refractivity contribution in [3.8, 4) is 0 Å². The van der Waals surface area contributed by atoms with E-state index in [0.717, 1.165) is 30.6 Å². The highest BCUT2D eigenvalue weighted by Crippen LogP contribution is 2.19. The lowest BCUT2D eigenvalue weighted by Gasteiger charge is -2.17. The van der Waals surface area contributed by atoms with E-state index in [1.165, 1.54) is 0 Å². The Kier molecular flexibility index (Phi) is 5.02. The molecule has 1 aliphatic rings. The minimum Gasteiger partial charge on any atom is -0.367 e. The van der Waals surface area contributed by atoms with Crippen LogP contribution in [0.3, 0.4) is 0 Å². The molecule has 1 atom stereocenters. The highest BCUT2D eigenvalue weighted by atomic mass is 16.2. The number of aryl methyl sites for hydroxylation is 2. The van der Waals surface area contributed by atoms with Gasteiger partial charge in [0.1, 0.15) is 0 Å². The van der Waals surface area contributed by atoms with Crippen LogP contribution in [-0.2, 0) is 23.1 Å². The third-order valence-corrected chi connectivity index (χ3v) is 4.43. The molecule has 0 aliphatic carbocycles. The van der Waals surface area contributed by atoms with Gasteiger partial charge in [-0.1, -0.05) is 25.1 Å². The molecule has 25 heavy (non-hydrogen) atoms. The van der Waals surface area contributed by atoms with E-state index in [9.17, 15) is 9.59 Å². The fraction of sp³-hybridized carbons (Fsp3) is 0.389. The summed E-state index contributed by atoms with van der Waals surface area (Å²) >= 11 is 0. The molecule has 7 nitrogen and oxygen atoms in total. The van der Waals surface area contributed by atoms with Crippen molar-refractivity contribution in [1.29, 1.82) is 0 Å². The first-order valence-electron chi connectivity index (χ1n) is 8.50. The van der Waals surface area contributed by atoms with E-state index in [4.69, 9.17) is 0 Å². The number of nitrogens with one attached hydrogen (secondary N) is 2. The van der Waals surface area contributed by atoms with Crippen molar-refractivity contribution in [2.24, 2.45) is 7.05 Å². The number of hydrogen-bond acceptors (Lipinski definition) is 4. The second-order valence-electron chi connectivity index (χ2n) is 6.24. The van der Waals surface area contributed by atoms with Gasteiger partial charge in [0.2, 0.25) is 0 Å². The Morgan fingerprint density at radius 1 is 1.28 bits per heavy atom. The molecule has 2 aromatic rings. The van der Waals surface area contributed by atoms with Crippen molar-refractivity contribution in [2.45, 2.75) is 25.8 Å². The van der Waals surface area contributed by atoms with Crippen molar-refractivity contribution >= 4 is 23.2 Å². The molecule has 1 aromatic carbocycles. The zero-order chi connectivity index (χ0) is 17.8. The molecule has 0 bridgehead atoms. The fourth-order valence-corrected chi connectivity index (χ4v) is 3.06. The number of carbonyl (C=O) groups is 2. The molecule has 7 heteroatoms. The van der Waals surface area contributed by atoms with E-state index in [0.29, 0.717) is 12.2 Å². The number of para-hydroxylation sites is 1. The van der Waals surface area contributed by atoms with Crippen LogP contribution in [0.5, 0.6) is 0 Å². The number of anilines is 2. The average molecular weight is 341 g/mol. The highest BCUT2D eigenvalue weighted by Gasteiger charge is 2.27. The molecule has 2 heterocycles. The van der Waals surface area contributed by atoms with Gasteiger partial charge in [0, 0.05) is 38.1 Å². The molecule has 1 aromatic heterocycles. The topological polar surface area (TPSA) is 79.3 Å². The van der Waals surface area contributed by atoms with Gasteiger partial charge in [0.05, 0.1) is 11.9 Å². The number of hydrogen-bond donors (Lipinski definition) is 2. The summed E-state index contributed by atoms with van der Waals surface area (Å²) in [5, 5.41) is 9.69. The maximum absolute atomic E-state index is 12.2. The van der Waals surface area contributed by atoms with E-state index < -0.39 is 11.8 Å². The molecule has 0 radical (unpaired) electrons. The van der Waals surface area contributed by atoms with Gasteiger partial charge in [-0.3, -0.25) is 14.3 Å². The number of amides is 2. The maximum atomic E-state index is 12.2. The molecule has 1 aliphatic heterocycles. The van der Waals surface area contributed by atoms with Crippen molar-refractivity contribution in [1.82, 2.24) is 15.1 Å². The van der Waals surface area contributed by atoms with Gasteiger partial charge in [-0.15, -0.1) is 0 Å². The lowest BCUT2D eigenvalue weighted by Crippen LogP contribution is -2.43. The van der Waals surface area contributed by atoms with Gasteiger partial charge >= 0.3 is 11.8 Å². The third-order valence-electron chi connectivity index (χ3n) is 4.43. The Balaban J connectivity index is 1.54. The van der Waals surface area contributed by atoms with Crippen LogP contribution in [0.2, 0.25) is 0 Å². The molecule has 3 rings (SSSR count). The molecule has 2 amide bonds. The van der Waals surface area contributed by atoms with Crippen molar-refractivity contribution in [2.75, 3.05) is 23.3 Å². The van der Waals surface area contributed by atoms with Crippen LogP contribution in [0.4, 0.5) is 11.4 Å². The van der Waals surface area contributed by atoms with Crippen molar-refractivity contribution in [3.05, 3.63) is 42.2 Å². The van der Waals surface area contributed by atoms with Crippen LogP contribution in [0.15, 0.2) is 36.7 Å². The number of aromatic nitrogens is 2. The Bertz CT molecular complexity index is 770. The Morgan fingerprint density at radius 3 is 2.80 bits per heavy atom. The van der Waals surface area contributed by atoms with E-state index in [1.807, 2.05) is 44.4 Å². The third kappa shape index (κ3) is 3.99. The first-order valence-corrected chi connectivity index (χ1v) is 8.50.